The number of hydrogen-bond acceptors (Lipinski definition) is 2. The van der Waals surface area contributed by atoms with E-state index in [1.54, 1.807) is 0 Å². The molecule has 1 nitrogen and oxygen atoms in total. The van der Waals surface area contributed by atoms with E-state index in [0.717, 1.165) is 0 Å². The van der Waals surface area contributed by atoms with Crippen LogP contribution in [0.25, 0.3) is 0 Å². The molecule has 0 bridgehead atoms. The maximum atomic E-state index is 11.8. The third-order valence-corrected chi connectivity index (χ3v) is 2.55. The number of Topliss-reactive ketones (excluding diaryl/α,β-unsaturated/α-hetero) is 1. The van der Waals surface area contributed by atoms with Gasteiger partial charge >= 0.3 is 6.18 Å². The van der Waals surface area contributed by atoms with Gasteiger partial charge in [0.05, 0.1) is 5.75 Å². The fraction of sp³-hybridized carbons (Fsp3) is 0.800. The van der Waals surface area contributed by atoms with Crippen LogP contribution in [0.2, 0.25) is 0 Å². The molecule has 10 heavy (non-hydrogen) atoms. The van der Waals surface area contributed by atoms with Crippen LogP contribution in [0.4, 0.5) is 13.2 Å². The van der Waals surface area contributed by atoms with E-state index in [0.29, 0.717) is 11.8 Å². The van der Waals surface area contributed by atoms with Crippen molar-refractivity contribution in [3.63, 3.8) is 0 Å². The number of alkyl halides is 3. The van der Waals surface area contributed by atoms with Crippen LogP contribution in [-0.4, -0.2) is 23.0 Å². The molecule has 0 N–H and O–H groups in total. The van der Waals surface area contributed by atoms with Crippen molar-refractivity contribution in [1.82, 2.24) is 0 Å². The topological polar surface area (TPSA) is 17.1 Å². The highest BCUT2D eigenvalue weighted by Crippen LogP contribution is 2.37. The van der Waals surface area contributed by atoms with E-state index in [-0.39, 0.29) is 18.0 Å². The summed E-state index contributed by atoms with van der Waals surface area (Å²) in [5.41, 5.74) is 0. The molecule has 0 aromatic rings. The minimum atomic E-state index is -4.20. The molecule has 1 unspecified atom stereocenters. The van der Waals surface area contributed by atoms with Crippen molar-refractivity contribution < 1.29 is 18.0 Å². The zero-order valence-corrected chi connectivity index (χ0v) is 5.76. The van der Waals surface area contributed by atoms with Gasteiger partial charge in [-0.25, -0.2) is 0 Å². The number of carbonyl (C=O) groups is 1. The molecular formula is C5H5F3OS. The van der Waals surface area contributed by atoms with Crippen LogP contribution in [0.15, 0.2) is 0 Å². The lowest BCUT2D eigenvalue weighted by Gasteiger charge is -2.10. The van der Waals surface area contributed by atoms with Crippen LogP contribution >= 0.6 is 11.8 Å². The summed E-state index contributed by atoms with van der Waals surface area (Å²) in [6, 6.07) is 0. The van der Waals surface area contributed by atoms with Gasteiger partial charge in [0.15, 0.2) is 0 Å². The zero-order valence-electron chi connectivity index (χ0n) is 4.94. The van der Waals surface area contributed by atoms with Crippen LogP contribution in [0.1, 0.15) is 6.42 Å². The number of carbonyl (C=O) groups excluding carboxylic acids is 1. The maximum absolute atomic E-state index is 11.8. The van der Waals surface area contributed by atoms with Crippen LogP contribution in [0, 0.1) is 0 Å². The predicted octanol–water partition coefficient (Wildman–Crippen LogP) is 1.62. The summed E-state index contributed by atoms with van der Waals surface area (Å²) in [5.74, 6) is -0.281. The highest BCUT2D eigenvalue weighted by molar-refractivity contribution is 8.01. The standard InChI is InChI=1S/C5H5F3OS/c6-5(7,8)4-1-3(9)2-10-4/h4H,1-2H2. The Hall–Kier alpha value is -0.190. The van der Waals surface area contributed by atoms with Crippen molar-refractivity contribution in [2.45, 2.75) is 17.8 Å². The average molecular weight is 170 g/mol. The Bertz CT molecular complexity index is 153. The Kier molecular flexibility index (Phi) is 1.94. The molecule has 0 saturated carbocycles. The number of rotatable bonds is 0. The summed E-state index contributed by atoms with van der Waals surface area (Å²) >= 11 is 0.683. The van der Waals surface area contributed by atoms with Gasteiger partial charge in [-0.2, -0.15) is 13.2 Å². The highest BCUT2D eigenvalue weighted by Gasteiger charge is 2.44. The molecule has 0 spiro atoms. The summed E-state index contributed by atoms with van der Waals surface area (Å²) in [7, 11) is 0. The highest BCUT2D eigenvalue weighted by atomic mass is 32.2. The van der Waals surface area contributed by atoms with Crippen LogP contribution in [-0.2, 0) is 4.79 Å². The molecule has 0 aliphatic carbocycles. The van der Waals surface area contributed by atoms with Crippen LogP contribution < -0.4 is 0 Å². The van der Waals surface area contributed by atoms with E-state index in [1.807, 2.05) is 0 Å². The van der Waals surface area contributed by atoms with Crippen LogP contribution in [0.3, 0.4) is 0 Å². The summed E-state index contributed by atoms with van der Waals surface area (Å²) in [4.78, 5) is 10.4. The fourth-order valence-electron chi connectivity index (χ4n) is 0.728. The second kappa shape index (κ2) is 2.45. The first-order valence-electron chi connectivity index (χ1n) is 2.70. The zero-order chi connectivity index (χ0) is 7.78. The van der Waals surface area contributed by atoms with E-state index in [9.17, 15) is 18.0 Å². The van der Waals surface area contributed by atoms with Gasteiger partial charge in [-0.15, -0.1) is 11.8 Å². The molecule has 1 aliphatic heterocycles. The summed E-state index contributed by atoms with van der Waals surface area (Å²) < 4.78 is 35.3. The van der Waals surface area contributed by atoms with Gasteiger partial charge in [0, 0.05) is 6.42 Å². The first kappa shape index (κ1) is 7.91. The molecule has 1 heterocycles. The van der Waals surface area contributed by atoms with Gasteiger partial charge in [-0.05, 0) is 0 Å². The monoisotopic (exact) mass is 170 g/mol. The molecule has 0 radical (unpaired) electrons. The number of thioether (sulfide) groups is 1. The molecule has 0 aromatic heterocycles. The quantitative estimate of drug-likeness (QED) is 0.549. The van der Waals surface area contributed by atoms with Gasteiger partial charge in [-0.1, -0.05) is 0 Å². The first-order chi connectivity index (χ1) is 4.50. The average Bonchev–Trinajstić information content (AvgIpc) is 2.11. The lowest BCUT2D eigenvalue weighted by molar-refractivity contribution is -0.135. The Morgan fingerprint density at radius 2 is 2.10 bits per heavy atom. The van der Waals surface area contributed by atoms with E-state index in [2.05, 4.69) is 0 Å². The fourth-order valence-corrected chi connectivity index (χ4v) is 1.73. The minimum absolute atomic E-state index is 0.0180. The van der Waals surface area contributed by atoms with Crippen LogP contribution in [0.5, 0.6) is 0 Å². The molecule has 1 fully saturated rings. The number of hydrogen-bond donors (Lipinski definition) is 0. The molecular weight excluding hydrogens is 165 g/mol. The molecule has 1 rings (SSSR count). The normalized spacial score (nSPS) is 27.5. The molecule has 1 saturated heterocycles. The van der Waals surface area contributed by atoms with Crippen molar-refractivity contribution in [1.29, 1.82) is 0 Å². The summed E-state index contributed by atoms with van der Waals surface area (Å²) in [6.45, 7) is 0. The Morgan fingerprint density at radius 1 is 1.50 bits per heavy atom. The van der Waals surface area contributed by atoms with Crippen molar-refractivity contribution >= 4 is 17.5 Å². The Morgan fingerprint density at radius 3 is 2.30 bits per heavy atom. The lowest BCUT2D eigenvalue weighted by Crippen LogP contribution is -2.23. The number of ketones is 1. The summed E-state index contributed by atoms with van der Waals surface area (Å²) in [6.07, 6.45) is -4.54. The molecule has 0 aromatic carbocycles. The maximum Gasteiger partial charge on any atom is 0.400 e. The van der Waals surface area contributed by atoms with Crippen molar-refractivity contribution in [2.75, 3.05) is 5.75 Å². The smallest absolute Gasteiger partial charge is 0.299 e. The molecule has 0 amide bonds. The van der Waals surface area contributed by atoms with Crippen molar-refractivity contribution in [3.05, 3.63) is 0 Å². The van der Waals surface area contributed by atoms with Gasteiger partial charge < -0.3 is 0 Å². The van der Waals surface area contributed by atoms with Gasteiger partial charge in [0.25, 0.3) is 0 Å². The second-order valence-corrected chi connectivity index (χ2v) is 3.28. The molecule has 1 atom stereocenters. The van der Waals surface area contributed by atoms with Crippen molar-refractivity contribution in [2.24, 2.45) is 0 Å². The molecule has 1 aliphatic rings. The van der Waals surface area contributed by atoms with Gasteiger partial charge in [0.2, 0.25) is 0 Å². The molecule has 58 valence electrons. The van der Waals surface area contributed by atoms with Gasteiger partial charge in [-0.3, -0.25) is 4.79 Å². The minimum Gasteiger partial charge on any atom is -0.299 e. The summed E-state index contributed by atoms with van der Waals surface area (Å²) in [5, 5.41) is -1.44. The van der Waals surface area contributed by atoms with E-state index in [1.165, 1.54) is 0 Å². The first-order valence-corrected chi connectivity index (χ1v) is 3.75. The van der Waals surface area contributed by atoms with E-state index in [4.69, 9.17) is 0 Å². The Balaban J connectivity index is 2.53. The largest absolute Gasteiger partial charge is 0.400 e. The Labute approximate surface area is 60.0 Å². The lowest BCUT2D eigenvalue weighted by atomic mass is 10.2. The van der Waals surface area contributed by atoms with Gasteiger partial charge in [0.1, 0.15) is 11.0 Å². The van der Waals surface area contributed by atoms with Crippen molar-refractivity contribution in [3.8, 4) is 0 Å². The van der Waals surface area contributed by atoms with E-state index >= 15 is 0 Å². The second-order valence-electron chi connectivity index (χ2n) is 2.08. The SMILES string of the molecule is O=C1CSC(C(F)(F)F)C1. The number of halogens is 3. The predicted molar refractivity (Wildman–Crippen MR) is 31.9 cm³/mol. The third-order valence-electron chi connectivity index (χ3n) is 1.22. The van der Waals surface area contributed by atoms with E-state index < -0.39 is 11.4 Å². The third kappa shape index (κ3) is 1.65. The molecule has 5 heteroatoms.